The summed E-state index contributed by atoms with van der Waals surface area (Å²) in [5.74, 6) is -0.353. The van der Waals surface area contributed by atoms with E-state index in [9.17, 15) is 20.1 Å². The molecule has 1 spiro atoms. The lowest BCUT2D eigenvalue weighted by Gasteiger charge is -2.81. The van der Waals surface area contributed by atoms with Crippen LogP contribution in [0.15, 0.2) is 24.3 Å². The molecule has 49 heavy (non-hydrogen) atoms. The second kappa shape index (κ2) is 10.8. The number of hydrogen-bond acceptors (Lipinski definition) is 5. The lowest BCUT2D eigenvalue weighted by atomic mass is 9.22. The molecule has 1 aromatic carbocycles. The number of hydrogen-bond donors (Lipinski definition) is 3. The Morgan fingerprint density at radius 2 is 1.53 bits per heavy atom. The first-order chi connectivity index (χ1) is 23.0. The summed E-state index contributed by atoms with van der Waals surface area (Å²) in [6.07, 6.45) is 12.3. The Morgan fingerprint density at radius 3 is 2.20 bits per heavy atom. The number of methoxy groups -OCH3 is 1. The fourth-order valence-corrected chi connectivity index (χ4v) is 16.1. The third-order valence-electron chi connectivity index (χ3n) is 19.0. The number of ether oxygens (including phenoxy) is 2. The Labute approximate surface area is 295 Å². The summed E-state index contributed by atoms with van der Waals surface area (Å²) in [4.78, 5) is 12.7. The van der Waals surface area contributed by atoms with Gasteiger partial charge in [0.2, 0.25) is 0 Å². The molecule has 7 aliphatic rings. The minimum absolute atomic E-state index is 0.0388. The molecule has 0 amide bonds. The zero-order valence-corrected chi connectivity index (χ0v) is 31.4. The van der Waals surface area contributed by atoms with Crippen LogP contribution < -0.4 is 0 Å². The number of aliphatic carboxylic acids is 1. The lowest BCUT2D eigenvalue weighted by molar-refractivity contribution is -0.355. The molecule has 1 saturated heterocycles. The topological polar surface area (TPSA) is 96.2 Å². The number of aliphatic hydroxyl groups is 2. The molecule has 0 radical (unpaired) electrons. The summed E-state index contributed by atoms with van der Waals surface area (Å²) in [6, 6.07) is 8.91. The van der Waals surface area contributed by atoms with Crippen LogP contribution in [0.1, 0.15) is 123 Å². The highest BCUT2D eigenvalue weighted by atomic mass is 16.6. The van der Waals surface area contributed by atoms with Crippen molar-refractivity contribution in [3.05, 3.63) is 35.4 Å². The minimum Gasteiger partial charge on any atom is -0.481 e. The van der Waals surface area contributed by atoms with Crippen LogP contribution >= 0.6 is 0 Å². The van der Waals surface area contributed by atoms with Crippen molar-refractivity contribution in [2.45, 2.75) is 137 Å². The van der Waals surface area contributed by atoms with Crippen molar-refractivity contribution in [3.8, 4) is 0 Å². The van der Waals surface area contributed by atoms with Gasteiger partial charge in [-0.25, -0.2) is 0 Å². The summed E-state index contributed by atoms with van der Waals surface area (Å²) in [6.45, 7) is 15.4. The van der Waals surface area contributed by atoms with E-state index in [4.69, 9.17) is 9.47 Å². The van der Waals surface area contributed by atoms with Gasteiger partial charge in [0.15, 0.2) is 5.79 Å². The smallest absolute Gasteiger partial charge is 0.309 e. The number of fused-ring (bicyclic) bond motifs is 5. The van der Waals surface area contributed by atoms with E-state index in [-0.39, 0.29) is 57.0 Å². The summed E-state index contributed by atoms with van der Waals surface area (Å²) >= 11 is 0. The molecule has 6 heteroatoms. The largest absolute Gasteiger partial charge is 0.481 e. The zero-order valence-electron chi connectivity index (χ0n) is 31.4. The second-order valence-corrected chi connectivity index (χ2v) is 20.0. The fraction of sp³-hybridized carbons (Fsp3) is 0.837. The van der Waals surface area contributed by atoms with Crippen molar-refractivity contribution in [1.82, 2.24) is 0 Å². The molecule has 7 fully saturated rings. The van der Waals surface area contributed by atoms with Crippen LogP contribution in [0.5, 0.6) is 0 Å². The number of rotatable bonds is 7. The predicted molar refractivity (Wildman–Crippen MR) is 190 cm³/mol. The average Bonchev–Trinajstić information content (AvgIpc) is 3.19. The van der Waals surface area contributed by atoms with Crippen molar-refractivity contribution >= 4 is 5.97 Å². The molecule has 6 aliphatic carbocycles. The van der Waals surface area contributed by atoms with Crippen molar-refractivity contribution in [2.24, 2.45) is 67.5 Å². The van der Waals surface area contributed by atoms with Crippen LogP contribution in [-0.2, 0) is 27.1 Å². The van der Waals surface area contributed by atoms with Crippen LogP contribution in [0.4, 0.5) is 0 Å². The number of benzene rings is 1. The summed E-state index contributed by atoms with van der Waals surface area (Å²) < 4.78 is 12.3. The van der Waals surface area contributed by atoms with Gasteiger partial charge < -0.3 is 24.8 Å². The Morgan fingerprint density at radius 1 is 0.857 bits per heavy atom. The highest BCUT2D eigenvalue weighted by Gasteiger charge is 2.85. The van der Waals surface area contributed by atoms with Gasteiger partial charge in [0.1, 0.15) is 0 Å². The maximum atomic E-state index is 12.7. The summed E-state index contributed by atoms with van der Waals surface area (Å²) in [7, 11) is 1.74. The number of aliphatic hydroxyl groups excluding tert-OH is 1. The Hall–Kier alpha value is -1.47. The van der Waals surface area contributed by atoms with Crippen LogP contribution in [0.3, 0.4) is 0 Å². The maximum absolute atomic E-state index is 12.7. The van der Waals surface area contributed by atoms with Gasteiger partial charge in [0, 0.05) is 30.3 Å². The molecule has 3 N–H and O–H groups in total. The Balaban J connectivity index is 1.22. The first kappa shape index (κ1) is 34.6. The van der Waals surface area contributed by atoms with Crippen molar-refractivity contribution in [3.63, 3.8) is 0 Å². The summed E-state index contributed by atoms with van der Waals surface area (Å²) in [5, 5.41) is 35.1. The predicted octanol–water partition coefficient (Wildman–Crippen LogP) is 8.06. The van der Waals surface area contributed by atoms with Gasteiger partial charge in [-0.05, 0) is 140 Å². The van der Waals surface area contributed by atoms with Crippen molar-refractivity contribution < 1.29 is 29.6 Å². The molecule has 8 rings (SSSR count). The molecule has 0 unspecified atom stereocenters. The van der Waals surface area contributed by atoms with E-state index in [2.05, 4.69) is 58.9 Å². The fourth-order valence-electron chi connectivity index (χ4n) is 16.1. The number of carboxylic acids is 1. The molecule has 1 aromatic rings. The standard InChI is InChI=1S/C43H64O6/c1-27-41-16-14-32-38(4)20-19-36(2)17-18-37(3,35(45)46)25-33(36)39(38,5)23-30-12-13-31(42(41,26-44)40(30,32)6)24-43(27,47)49-34(41)22-29-10-8-28(9-11-29)15-21-48-7/h8-11,27,30-34,44,47H,12-26H2,1-7H3,(H,45,46)/t27-,30-,31+,32-,33-,34+,36-,37-,38-,39+,40-,41-,42+,43+/m1/s1. The van der Waals surface area contributed by atoms with Gasteiger partial charge in [0.05, 0.1) is 24.7 Å². The Kier molecular flexibility index (Phi) is 7.62. The molecule has 1 heterocycles. The van der Waals surface area contributed by atoms with E-state index in [0.29, 0.717) is 30.8 Å². The molecule has 14 atom stereocenters. The molecule has 6 saturated carbocycles. The zero-order chi connectivity index (χ0) is 35.0. The van der Waals surface area contributed by atoms with E-state index in [1.165, 1.54) is 24.0 Å². The third kappa shape index (κ3) is 4.02. The highest BCUT2D eigenvalue weighted by molar-refractivity contribution is 5.74. The maximum Gasteiger partial charge on any atom is 0.309 e. The lowest BCUT2D eigenvalue weighted by Crippen LogP contribution is -2.79. The van der Waals surface area contributed by atoms with Crippen molar-refractivity contribution in [1.29, 1.82) is 0 Å². The quantitative estimate of drug-likeness (QED) is 0.271. The van der Waals surface area contributed by atoms with Crippen LogP contribution in [-0.4, -0.2) is 53.5 Å². The van der Waals surface area contributed by atoms with Crippen molar-refractivity contribution in [2.75, 3.05) is 20.3 Å². The van der Waals surface area contributed by atoms with Gasteiger partial charge in [0.25, 0.3) is 0 Å². The van der Waals surface area contributed by atoms with Gasteiger partial charge >= 0.3 is 5.97 Å². The molecular weight excluding hydrogens is 612 g/mol. The van der Waals surface area contributed by atoms with E-state index in [0.717, 1.165) is 64.2 Å². The molecule has 272 valence electrons. The minimum atomic E-state index is -1.16. The van der Waals surface area contributed by atoms with E-state index >= 15 is 0 Å². The molecule has 1 aliphatic heterocycles. The van der Waals surface area contributed by atoms with E-state index < -0.39 is 17.2 Å². The average molecular weight is 677 g/mol. The van der Waals surface area contributed by atoms with Crippen LogP contribution in [0.25, 0.3) is 0 Å². The molecule has 0 aromatic heterocycles. The van der Waals surface area contributed by atoms with Gasteiger partial charge in [-0.15, -0.1) is 0 Å². The monoisotopic (exact) mass is 676 g/mol. The normalized spacial score (nSPS) is 54.1. The van der Waals surface area contributed by atoms with E-state index in [1.54, 1.807) is 7.11 Å². The van der Waals surface area contributed by atoms with Crippen LogP contribution in [0.2, 0.25) is 0 Å². The SMILES string of the molecule is COCCc1ccc(C[C@@H]2O[C@@]3(O)C[C@@H]4CC[C@@H]5C[C@@]6(C)[C@@H]7C[C@](C)(C(=O)O)CC[C@]7(C)CC[C@]6(C)[C@H]6CC[C@]2([C@H]3C)[C@]4(CO)[C@]56C)cc1. The van der Waals surface area contributed by atoms with Gasteiger partial charge in [-0.1, -0.05) is 58.9 Å². The first-order valence-corrected chi connectivity index (χ1v) is 19.8. The highest BCUT2D eigenvalue weighted by Crippen LogP contribution is 2.87. The first-order valence-electron chi connectivity index (χ1n) is 19.8. The Bertz CT molecular complexity index is 1490. The molecule has 6 nitrogen and oxygen atoms in total. The second-order valence-electron chi connectivity index (χ2n) is 20.0. The molecule has 2 bridgehead atoms. The number of carboxylic acid groups (broad SMARTS) is 1. The van der Waals surface area contributed by atoms with Gasteiger partial charge in [-0.3, -0.25) is 4.79 Å². The third-order valence-corrected chi connectivity index (χ3v) is 19.0. The number of carbonyl (C=O) groups is 1. The van der Waals surface area contributed by atoms with Crippen LogP contribution in [0, 0.1) is 67.5 Å². The molecular formula is C43H64O6. The summed E-state index contributed by atoms with van der Waals surface area (Å²) in [5.41, 5.74) is 1.35. The van der Waals surface area contributed by atoms with E-state index in [1.807, 2.05) is 6.92 Å². The van der Waals surface area contributed by atoms with Gasteiger partial charge in [-0.2, -0.15) is 0 Å².